The summed E-state index contributed by atoms with van der Waals surface area (Å²) in [5, 5.41) is 121. The van der Waals surface area contributed by atoms with Gasteiger partial charge in [0.1, 0.15) is 73.2 Å². The lowest BCUT2D eigenvalue weighted by Gasteiger charge is -2.48. The van der Waals surface area contributed by atoms with E-state index in [1.165, 1.54) is 173 Å². The Morgan fingerprint density at radius 2 is 0.750 bits per heavy atom. The number of aliphatic hydroxyl groups is 11. The van der Waals surface area contributed by atoms with Gasteiger partial charge in [-0.05, 0) is 51.4 Å². The zero-order valence-electron chi connectivity index (χ0n) is 57.0. The second-order valence-corrected chi connectivity index (χ2v) is 26.4. The summed E-state index contributed by atoms with van der Waals surface area (Å²) in [6.45, 7) is 1.71. The van der Waals surface area contributed by atoms with Crippen LogP contribution in [0.25, 0.3) is 0 Å². The van der Waals surface area contributed by atoms with Crippen LogP contribution in [0.2, 0.25) is 0 Å². The first-order valence-electron chi connectivity index (χ1n) is 36.9. The fourth-order valence-corrected chi connectivity index (χ4v) is 12.5. The number of carbonyl (C=O) groups is 1. The number of hydrogen-bond acceptors (Lipinski definition) is 18. The lowest BCUT2D eigenvalue weighted by Crippen LogP contribution is -2.66. The Morgan fingerprint density at radius 3 is 1.17 bits per heavy atom. The highest BCUT2D eigenvalue weighted by Crippen LogP contribution is 2.33. The Bertz CT molecular complexity index is 1860. The predicted molar refractivity (Wildman–Crippen MR) is 360 cm³/mol. The number of carbonyl (C=O) groups excluding carboxylic acids is 1. The minimum atomic E-state index is -1.97. The third kappa shape index (κ3) is 35.8. The summed E-state index contributed by atoms with van der Waals surface area (Å²) >= 11 is 0. The number of unbranched alkanes of at least 4 members (excludes halogenated alkanes) is 33. The predicted octanol–water partition coefficient (Wildman–Crippen LogP) is 10.6. The monoisotopic (exact) mass is 1310 g/mol. The van der Waals surface area contributed by atoms with Crippen molar-refractivity contribution in [3.05, 3.63) is 48.6 Å². The van der Waals surface area contributed by atoms with Crippen molar-refractivity contribution in [1.29, 1.82) is 0 Å². The molecule has 0 saturated carbocycles. The largest absolute Gasteiger partial charge is 0.394 e. The molecule has 19 heteroatoms. The molecule has 3 rings (SSSR count). The maximum atomic E-state index is 13.5. The van der Waals surface area contributed by atoms with Crippen molar-refractivity contribution < 1.29 is 89.4 Å². The van der Waals surface area contributed by atoms with E-state index in [-0.39, 0.29) is 18.9 Å². The molecule has 0 bridgehead atoms. The van der Waals surface area contributed by atoms with E-state index in [0.29, 0.717) is 12.8 Å². The Kier molecular flexibility index (Phi) is 50.0. The van der Waals surface area contributed by atoms with Gasteiger partial charge >= 0.3 is 0 Å². The van der Waals surface area contributed by atoms with E-state index in [0.717, 1.165) is 70.6 Å². The first-order chi connectivity index (χ1) is 44.8. The van der Waals surface area contributed by atoms with E-state index >= 15 is 0 Å². The van der Waals surface area contributed by atoms with Crippen LogP contribution in [0.15, 0.2) is 48.6 Å². The minimum absolute atomic E-state index is 0.241. The van der Waals surface area contributed by atoms with Gasteiger partial charge in [-0.3, -0.25) is 4.79 Å². The average molecular weight is 1310 g/mol. The molecule has 0 aromatic heterocycles. The minimum Gasteiger partial charge on any atom is -0.394 e. The zero-order chi connectivity index (χ0) is 66.8. The van der Waals surface area contributed by atoms with Crippen LogP contribution in [0, 0.1) is 0 Å². The van der Waals surface area contributed by atoms with E-state index in [9.17, 15) is 61.0 Å². The average Bonchev–Trinajstić information content (AvgIpc) is 0.834. The summed E-state index contributed by atoms with van der Waals surface area (Å²) in [5.74, 6) is -0.241. The van der Waals surface area contributed by atoms with Crippen LogP contribution in [0.4, 0.5) is 0 Å². The second kappa shape index (κ2) is 54.7. The highest BCUT2D eigenvalue weighted by atomic mass is 16.8. The molecule has 12 N–H and O–H groups in total. The highest BCUT2D eigenvalue weighted by molar-refractivity contribution is 5.76. The number of nitrogens with one attached hydrogen (secondary N) is 1. The summed E-state index contributed by atoms with van der Waals surface area (Å²) in [6, 6.07) is -0.888. The van der Waals surface area contributed by atoms with Crippen LogP contribution in [-0.4, -0.2) is 193 Å². The van der Waals surface area contributed by atoms with Gasteiger partial charge in [0.05, 0.1) is 38.6 Å². The van der Waals surface area contributed by atoms with Crippen molar-refractivity contribution >= 4 is 5.91 Å². The van der Waals surface area contributed by atoms with Crippen molar-refractivity contribution in [3.8, 4) is 0 Å². The lowest BCUT2D eigenvalue weighted by atomic mass is 9.96. The van der Waals surface area contributed by atoms with Crippen LogP contribution < -0.4 is 5.32 Å². The number of amides is 1. The molecule has 19 nitrogen and oxygen atoms in total. The summed E-state index contributed by atoms with van der Waals surface area (Å²) in [7, 11) is 0. The maximum absolute atomic E-state index is 13.5. The zero-order valence-corrected chi connectivity index (χ0v) is 57.0. The van der Waals surface area contributed by atoms with E-state index in [1.54, 1.807) is 0 Å². The normalized spacial score (nSPS) is 27.9. The van der Waals surface area contributed by atoms with Crippen molar-refractivity contribution in [2.45, 2.75) is 381 Å². The van der Waals surface area contributed by atoms with Gasteiger partial charge in [0.25, 0.3) is 0 Å². The molecule has 92 heavy (non-hydrogen) atoms. The first-order valence-corrected chi connectivity index (χ1v) is 36.9. The Hall–Kier alpha value is -2.25. The summed E-state index contributed by atoms with van der Waals surface area (Å²) in [4.78, 5) is 13.5. The van der Waals surface area contributed by atoms with Crippen LogP contribution in [0.5, 0.6) is 0 Å². The van der Waals surface area contributed by atoms with E-state index in [4.69, 9.17) is 28.4 Å². The van der Waals surface area contributed by atoms with Crippen LogP contribution >= 0.6 is 0 Å². The molecule has 3 heterocycles. The molecule has 17 unspecified atom stereocenters. The molecule has 0 radical (unpaired) electrons. The second-order valence-electron chi connectivity index (χ2n) is 26.4. The van der Waals surface area contributed by atoms with Crippen molar-refractivity contribution in [3.63, 3.8) is 0 Å². The maximum Gasteiger partial charge on any atom is 0.220 e. The third-order valence-corrected chi connectivity index (χ3v) is 18.4. The van der Waals surface area contributed by atoms with E-state index in [1.807, 2.05) is 0 Å². The fraction of sp³-hybridized carbons (Fsp3) is 0.877. The molecule has 0 aromatic rings. The van der Waals surface area contributed by atoms with E-state index < -0.39 is 124 Å². The third-order valence-electron chi connectivity index (χ3n) is 18.4. The van der Waals surface area contributed by atoms with Gasteiger partial charge in [0.15, 0.2) is 18.9 Å². The molecule has 538 valence electrons. The Balaban J connectivity index is 1.38. The lowest BCUT2D eigenvalue weighted by molar-refractivity contribution is -0.379. The topological polar surface area (TPSA) is 307 Å². The van der Waals surface area contributed by atoms with E-state index in [2.05, 4.69) is 67.8 Å². The van der Waals surface area contributed by atoms with Crippen molar-refractivity contribution in [2.75, 3.05) is 26.4 Å². The van der Waals surface area contributed by atoms with Crippen LogP contribution in [-0.2, 0) is 33.2 Å². The molecule has 3 fully saturated rings. The fourth-order valence-electron chi connectivity index (χ4n) is 12.5. The number of hydrogen-bond donors (Lipinski definition) is 12. The molecule has 1 amide bonds. The quantitative estimate of drug-likeness (QED) is 0.0199. The standard InChI is InChI=1S/C73H133NO18/c1-3-5-7-9-11-13-15-17-19-21-23-24-25-26-27-28-29-30-31-32-33-35-37-39-41-43-45-47-49-51-61(79)74-56(57(78)50-48-46-44-42-40-38-36-34-22-20-18-16-14-12-10-8-6-4-2)55-87-71-67(85)64(82)69(59(53-76)89-71)92-73-68(86)65(83)70(60(54-77)90-73)91-72-66(84)63(81)62(80)58(52-75)88-72/h5,7,11,13,17,19,23-24,56-60,62-73,75-78,80-86H,3-4,6,8-10,12,14-16,18,20-22,25-55H2,1-2H3,(H,74,79)/b7-5-,13-11-,19-17-,24-23-. The highest BCUT2D eigenvalue weighted by Gasteiger charge is 2.53. The van der Waals surface area contributed by atoms with Crippen LogP contribution in [0.1, 0.15) is 277 Å². The smallest absolute Gasteiger partial charge is 0.220 e. The summed E-state index contributed by atoms with van der Waals surface area (Å²) in [6.07, 6.45) is 39.0. The van der Waals surface area contributed by atoms with Gasteiger partial charge in [0, 0.05) is 6.42 Å². The Labute approximate surface area is 554 Å². The number of aliphatic hydroxyl groups excluding tert-OH is 11. The number of ether oxygens (including phenoxy) is 6. The molecule has 3 aliphatic heterocycles. The molecule has 0 aromatic carbocycles. The molecule has 3 aliphatic rings. The van der Waals surface area contributed by atoms with Gasteiger partial charge in [-0.25, -0.2) is 0 Å². The van der Waals surface area contributed by atoms with Gasteiger partial charge in [-0.1, -0.05) is 268 Å². The molecular weight excluding hydrogens is 1180 g/mol. The van der Waals surface area contributed by atoms with Gasteiger partial charge in [-0.2, -0.15) is 0 Å². The van der Waals surface area contributed by atoms with Crippen LogP contribution in [0.3, 0.4) is 0 Å². The van der Waals surface area contributed by atoms with Gasteiger partial charge in [-0.15, -0.1) is 0 Å². The van der Waals surface area contributed by atoms with Crippen molar-refractivity contribution in [2.24, 2.45) is 0 Å². The number of rotatable bonds is 57. The molecule has 3 saturated heterocycles. The summed E-state index contributed by atoms with van der Waals surface area (Å²) in [5.41, 5.74) is 0. The number of allylic oxidation sites excluding steroid dienone is 8. The Morgan fingerprint density at radius 1 is 0.402 bits per heavy atom. The molecule has 0 aliphatic carbocycles. The van der Waals surface area contributed by atoms with Gasteiger partial charge in [0.2, 0.25) is 5.91 Å². The molecule has 17 atom stereocenters. The molecular formula is C73H133NO18. The SMILES string of the molecule is CC/C=C\C/C=C\C/C=C\C/C=C\CCCCCCCCCCCCCCCCCCC(=O)NC(COC1OC(CO)C(OC2OC(CO)C(OC3OC(CO)C(O)C(O)C3O)C(O)C2O)C(O)C1O)C(O)CCCCCCCCCCCCCCCCCCCC. The summed E-state index contributed by atoms with van der Waals surface area (Å²) < 4.78 is 34.5. The first kappa shape index (κ1) is 84.0. The van der Waals surface area contributed by atoms with Crippen molar-refractivity contribution in [1.82, 2.24) is 5.32 Å². The van der Waals surface area contributed by atoms with Gasteiger partial charge < -0.3 is 89.9 Å². The molecule has 0 spiro atoms.